The highest BCUT2D eigenvalue weighted by atomic mass is 16.5. The van der Waals surface area contributed by atoms with Crippen LogP contribution >= 0.6 is 0 Å². The third kappa shape index (κ3) is 2.16. The molecule has 1 aromatic carbocycles. The molecule has 17 heavy (non-hydrogen) atoms. The van der Waals surface area contributed by atoms with E-state index in [9.17, 15) is 4.79 Å². The van der Waals surface area contributed by atoms with E-state index in [1.807, 2.05) is 25.1 Å². The molecule has 0 bridgehead atoms. The summed E-state index contributed by atoms with van der Waals surface area (Å²) in [4.78, 5) is 11.1. The number of hydrogen-bond donors (Lipinski definition) is 1. The van der Waals surface area contributed by atoms with E-state index in [-0.39, 0.29) is 0 Å². The van der Waals surface area contributed by atoms with Gasteiger partial charge in [-0.2, -0.15) is 0 Å². The molecule has 0 aliphatic rings. The van der Waals surface area contributed by atoms with Crippen LogP contribution in [-0.2, 0) is 11.2 Å². The minimum absolute atomic E-state index is 0.470. The molecule has 1 aromatic heterocycles. The second kappa shape index (κ2) is 3.87. The number of fused-ring (bicyclic) bond motifs is 1. The summed E-state index contributed by atoms with van der Waals surface area (Å²) in [5.74, 6) is -0.800. The largest absolute Gasteiger partial charge is 0.481 e. The molecule has 0 saturated carbocycles. The van der Waals surface area contributed by atoms with Crippen LogP contribution in [-0.4, -0.2) is 16.2 Å². The van der Waals surface area contributed by atoms with Crippen molar-refractivity contribution >= 4 is 16.9 Å². The first kappa shape index (κ1) is 11.6. The zero-order valence-corrected chi connectivity index (χ0v) is 10.2. The Morgan fingerprint density at radius 1 is 1.47 bits per heavy atom. The van der Waals surface area contributed by atoms with E-state index in [1.165, 1.54) is 0 Å². The van der Waals surface area contributed by atoms with Gasteiger partial charge in [-0.15, -0.1) is 0 Å². The number of nitrogens with zero attached hydrogens (tertiary/aromatic N) is 1. The van der Waals surface area contributed by atoms with Crippen molar-refractivity contribution in [3.8, 4) is 0 Å². The van der Waals surface area contributed by atoms with Crippen LogP contribution < -0.4 is 0 Å². The molecule has 2 aromatic rings. The first-order valence-electron chi connectivity index (χ1n) is 5.48. The van der Waals surface area contributed by atoms with E-state index in [4.69, 9.17) is 9.63 Å². The number of rotatable bonds is 3. The lowest BCUT2D eigenvalue weighted by Crippen LogP contribution is -2.26. The van der Waals surface area contributed by atoms with Gasteiger partial charge in [-0.25, -0.2) is 0 Å². The summed E-state index contributed by atoms with van der Waals surface area (Å²) in [6.07, 6.45) is 0.470. The molecule has 90 valence electrons. The van der Waals surface area contributed by atoms with E-state index in [1.54, 1.807) is 13.8 Å². The Labute approximate surface area is 99.2 Å². The van der Waals surface area contributed by atoms with E-state index >= 15 is 0 Å². The molecule has 0 radical (unpaired) electrons. The maximum absolute atomic E-state index is 11.1. The average molecular weight is 233 g/mol. The van der Waals surface area contributed by atoms with Crippen LogP contribution in [0.25, 0.3) is 11.0 Å². The second-order valence-corrected chi connectivity index (χ2v) is 4.96. The molecule has 1 N–H and O–H groups in total. The summed E-state index contributed by atoms with van der Waals surface area (Å²) in [5, 5.41) is 13.9. The summed E-state index contributed by atoms with van der Waals surface area (Å²) in [6, 6.07) is 5.71. The zero-order valence-electron chi connectivity index (χ0n) is 10.2. The van der Waals surface area contributed by atoms with Crippen LogP contribution in [0.1, 0.15) is 25.1 Å². The van der Waals surface area contributed by atoms with E-state index in [0.717, 1.165) is 16.6 Å². The predicted molar refractivity (Wildman–Crippen MR) is 63.9 cm³/mol. The van der Waals surface area contributed by atoms with Crippen molar-refractivity contribution in [1.82, 2.24) is 5.16 Å². The maximum atomic E-state index is 11.1. The highest BCUT2D eigenvalue weighted by Crippen LogP contribution is 2.25. The van der Waals surface area contributed by atoms with Crippen molar-refractivity contribution in [2.75, 3.05) is 0 Å². The third-order valence-corrected chi connectivity index (χ3v) is 2.94. The molecule has 4 heteroatoms. The number of aromatic nitrogens is 1. The van der Waals surface area contributed by atoms with Crippen molar-refractivity contribution in [3.05, 3.63) is 29.5 Å². The van der Waals surface area contributed by atoms with E-state index in [2.05, 4.69) is 5.16 Å². The smallest absolute Gasteiger partial charge is 0.309 e. The number of carboxylic acids is 1. The van der Waals surface area contributed by atoms with Crippen molar-refractivity contribution in [2.24, 2.45) is 5.41 Å². The molecule has 2 rings (SSSR count). The molecule has 0 fully saturated rings. The minimum Gasteiger partial charge on any atom is -0.481 e. The predicted octanol–water partition coefficient (Wildman–Crippen LogP) is 2.79. The molecule has 0 amide bonds. The van der Waals surface area contributed by atoms with Gasteiger partial charge in [0.05, 0.1) is 11.1 Å². The fraction of sp³-hybridized carbons (Fsp3) is 0.385. The molecule has 0 aliphatic carbocycles. The number of hydrogen-bond acceptors (Lipinski definition) is 3. The van der Waals surface area contributed by atoms with Crippen LogP contribution in [0.2, 0.25) is 0 Å². The molecular weight excluding hydrogens is 218 g/mol. The first-order chi connectivity index (χ1) is 7.90. The van der Waals surface area contributed by atoms with Crippen molar-refractivity contribution in [3.63, 3.8) is 0 Å². The zero-order chi connectivity index (χ0) is 12.6. The standard InChI is InChI=1S/C13H15NO3/c1-8-10-5-4-9(6-11(10)17-14-8)7-13(2,3)12(15)16/h4-6H,7H2,1-3H3,(H,15,16). The van der Waals surface area contributed by atoms with Crippen LogP contribution in [0.4, 0.5) is 0 Å². The first-order valence-corrected chi connectivity index (χ1v) is 5.48. The maximum Gasteiger partial charge on any atom is 0.309 e. The van der Waals surface area contributed by atoms with Crippen molar-refractivity contribution in [1.29, 1.82) is 0 Å². The molecule has 0 unspecified atom stereocenters. The lowest BCUT2D eigenvalue weighted by molar-refractivity contribution is -0.146. The summed E-state index contributed by atoms with van der Waals surface area (Å²) in [5.41, 5.74) is 1.73. The highest BCUT2D eigenvalue weighted by molar-refractivity contribution is 5.80. The quantitative estimate of drug-likeness (QED) is 0.885. The van der Waals surface area contributed by atoms with Gasteiger partial charge in [0, 0.05) is 5.39 Å². The van der Waals surface area contributed by atoms with Gasteiger partial charge < -0.3 is 9.63 Å². The van der Waals surface area contributed by atoms with E-state index < -0.39 is 11.4 Å². The SMILES string of the molecule is Cc1noc2cc(CC(C)(C)C(=O)O)ccc12. The molecule has 4 nitrogen and oxygen atoms in total. The number of aliphatic carboxylic acids is 1. The molecule has 0 spiro atoms. The minimum atomic E-state index is -0.800. The van der Waals surface area contributed by atoms with Gasteiger partial charge in [-0.3, -0.25) is 4.79 Å². The highest BCUT2D eigenvalue weighted by Gasteiger charge is 2.27. The van der Waals surface area contributed by atoms with Crippen LogP contribution in [0.3, 0.4) is 0 Å². The fourth-order valence-electron chi connectivity index (χ4n) is 1.80. The Kier molecular flexibility index (Phi) is 2.65. The van der Waals surface area contributed by atoms with Gasteiger partial charge in [0.1, 0.15) is 0 Å². The summed E-state index contributed by atoms with van der Waals surface area (Å²) in [6.45, 7) is 5.31. The molecule has 0 atom stereocenters. The number of carbonyl (C=O) groups is 1. The van der Waals surface area contributed by atoms with Gasteiger partial charge in [0.2, 0.25) is 0 Å². The lowest BCUT2D eigenvalue weighted by Gasteiger charge is -2.18. The topological polar surface area (TPSA) is 63.3 Å². The Balaban J connectivity index is 2.34. The van der Waals surface area contributed by atoms with Gasteiger partial charge in [0.25, 0.3) is 0 Å². The van der Waals surface area contributed by atoms with Gasteiger partial charge in [0.15, 0.2) is 5.58 Å². The Hall–Kier alpha value is -1.84. The van der Waals surface area contributed by atoms with Gasteiger partial charge in [-0.05, 0) is 44.9 Å². The average Bonchev–Trinajstić information content (AvgIpc) is 2.59. The van der Waals surface area contributed by atoms with Crippen LogP contribution in [0.15, 0.2) is 22.7 Å². The van der Waals surface area contributed by atoms with Crippen molar-refractivity contribution in [2.45, 2.75) is 27.2 Å². The van der Waals surface area contributed by atoms with Crippen LogP contribution in [0, 0.1) is 12.3 Å². The fourth-order valence-corrected chi connectivity index (χ4v) is 1.80. The van der Waals surface area contributed by atoms with Crippen LogP contribution in [0.5, 0.6) is 0 Å². The number of carboxylic acid groups (broad SMARTS) is 1. The normalized spacial score (nSPS) is 11.9. The summed E-state index contributed by atoms with van der Waals surface area (Å²) >= 11 is 0. The third-order valence-electron chi connectivity index (χ3n) is 2.94. The number of benzene rings is 1. The second-order valence-electron chi connectivity index (χ2n) is 4.96. The molecule has 0 saturated heterocycles. The molecule has 1 heterocycles. The summed E-state index contributed by atoms with van der Waals surface area (Å²) < 4.78 is 5.17. The Morgan fingerprint density at radius 2 is 2.18 bits per heavy atom. The molecular formula is C13H15NO3. The molecule has 0 aliphatic heterocycles. The number of aryl methyl sites for hydroxylation is 1. The van der Waals surface area contributed by atoms with E-state index in [0.29, 0.717) is 12.0 Å². The lowest BCUT2D eigenvalue weighted by atomic mass is 9.86. The van der Waals surface area contributed by atoms with Gasteiger partial charge in [-0.1, -0.05) is 11.2 Å². The Morgan fingerprint density at radius 3 is 2.82 bits per heavy atom. The van der Waals surface area contributed by atoms with Gasteiger partial charge >= 0.3 is 5.97 Å². The summed E-state index contributed by atoms with van der Waals surface area (Å²) in [7, 11) is 0. The Bertz CT molecular complexity index is 569. The monoisotopic (exact) mass is 233 g/mol. The van der Waals surface area contributed by atoms with Crippen molar-refractivity contribution < 1.29 is 14.4 Å².